The van der Waals surface area contributed by atoms with Crippen molar-refractivity contribution in [3.8, 4) is 0 Å². The predicted molar refractivity (Wildman–Crippen MR) is 44.2 cm³/mol. The van der Waals surface area contributed by atoms with E-state index in [9.17, 15) is 4.79 Å². The Bertz CT molecular complexity index is 197. The van der Waals surface area contributed by atoms with Crippen molar-refractivity contribution in [2.24, 2.45) is 17.3 Å². The Balaban J connectivity index is 2.30. The molecule has 2 bridgehead atoms. The Morgan fingerprint density at radius 1 is 1.55 bits per heavy atom. The number of hydrogen-bond donors (Lipinski definition) is 0. The molecule has 0 amide bonds. The second kappa shape index (κ2) is 2.09. The summed E-state index contributed by atoms with van der Waals surface area (Å²) >= 11 is 0. The van der Waals surface area contributed by atoms with Gasteiger partial charge in [0.05, 0.1) is 0 Å². The van der Waals surface area contributed by atoms with E-state index in [1.54, 1.807) is 0 Å². The van der Waals surface area contributed by atoms with Crippen LogP contribution in [0.25, 0.3) is 0 Å². The molecule has 0 aliphatic heterocycles. The van der Waals surface area contributed by atoms with Crippen molar-refractivity contribution in [2.45, 2.75) is 39.5 Å². The lowest BCUT2D eigenvalue weighted by Gasteiger charge is -2.30. The summed E-state index contributed by atoms with van der Waals surface area (Å²) in [6.45, 7) is 4.32. The van der Waals surface area contributed by atoms with E-state index in [2.05, 4.69) is 13.8 Å². The van der Waals surface area contributed by atoms with Crippen LogP contribution in [0.15, 0.2) is 0 Å². The number of carbonyl (C=O) groups excluding carboxylic acids is 1. The van der Waals surface area contributed by atoms with Crippen LogP contribution in [0.5, 0.6) is 0 Å². The molecule has 0 heterocycles. The van der Waals surface area contributed by atoms with Crippen LogP contribution in [-0.4, -0.2) is 5.78 Å². The van der Waals surface area contributed by atoms with E-state index in [-0.39, 0.29) is 5.41 Å². The fraction of sp³-hybridized carbons (Fsp3) is 0.900. The standard InChI is InChI=1S/C10H16O/c1-3-10(2)8-5-4-7(6-8)9(10)11/h7-8H,3-6H2,1-2H3. The first-order valence-corrected chi connectivity index (χ1v) is 4.73. The van der Waals surface area contributed by atoms with Crippen LogP contribution in [0.4, 0.5) is 0 Å². The second-order valence-corrected chi connectivity index (χ2v) is 4.34. The number of rotatable bonds is 1. The summed E-state index contributed by atoms with van der Waals surface area (Å²) in [7, 11) is 0. The number of fused-ring (bicyclic) bond motifs is 2. The molecule has 2 rings (SSSR count). The molecule has 0 radical (unpaired) electrons. The largest absolute Gasteiger partial charge is 0.299 e. The van der Waals surface area contributed by atoms with E-state index < -0.39 is 0 Å². The van der Waals surface area contributed by atoms with E-state index in [4.69, 9.17) is 0 Å². The molecule has 2 aliphatic rings. The summed E-state index contributed by atoms with van der Waals surface area (Å²) in [6.07, 6.45) is 4.73. The predicted octanol–water partition coefficient (Wildman–Crippen LogP) is 2.40. The Hall–Kier alpha value is -0.330. The van der Waals surface area contributed by atoms with Crippen molar-refractivity contribution in [3.05, 3.63) is 0 Å². The lowest BCUT2D eigenvalue weighted by molar-refractivity contribution is -0.131. The van der Waals surface area contributed by atoms with Crippen molar-refractivity contribution in [3.63, 3.8) is 0 Å². The molecule has 0 saturated heterocycles. The van der Waals surface area contributed by atoms with Crippen LogP contribution in [0.1, 0.15) is 39.5 Å². The molecule has 62 valence electrons. The van der Waals surface area contributed by atoms with Gasteiger partial charge in [-0.2, -0.15) is 0 Å². The number of ketones is 1. The van der Waals surface area contributed by atoms with Gasteiger partial charge in [-0.15, -0.1) is 0 Å². The summed E-state index contributed by atoms with van der Waals surface area (Å²) in [6, 6.07) is 0. The van der Waals surface area contributed by atoms with Gasteiger partial charge in [0.2, 0.25) is 0 Å². The van der Waals surface area contributed by atoms with E-state index in [0.717, 1.165) is 12.3 Å². The first kappa shape index (κ1) is 7.33. The van der Waals surface area contributed by atoms with E-state index in [1.807, 2.05) is 0 Å². The van der Waals surface area contributed by atoms with E-state index in [1.165, 1.54) is 19.3 Å². The Kier molecular flexibility index (Phi) is 1.39. The lowest BCUT2D eigenvalue weighted by atomic mass is 9.72. The molecule has 0 spiro atoms. The molecule has 1 heteroatoms. The van der Waals surface area contributed by atoms with Crippen molar-refractivity contribution in [1.82, 2.24) is 0 Å². The normalized spacial score (nSPS) is 48.7. The zero-order chi connectivity index (χ0) is 8.06. The van der Waals surface area contributed by atoms with Crippen LogP contribution in [0.3, 0.4) is 0 Å². The molecular formula is C10H16O. The van der Waals surface area contributed by atoms with Gasteiger partial charge < -0.3 is 0 Å². The number of hydrogen-bond acceptors (Lipinski definition) is 1. The highest BCUT2D eigenvalue weighted by Gasteiger charge is 2.53. The van der Waals surface area contributed by atoms with Gasteiger partial charge in [0.15, 0.2) is 0 Å². The van der Waals surface area contributed by atoms with Crippen LogP contribution in [0, 0.1) is 17.3 Å². The van der Waals surface area contributed by atoms with Gasteiger partial charge in [-0.05, 0) is 31.6 Å². The van der Waals surface area contributed by atoms with Gasteiger partial charge in [-0.3, -0.25) is 4.79 Å². The second-order valence-electron chi connectivity index (χ2n) is 4.34. The first-order valence-electron chi connectivity index (χ1n) is 4.73. The molecular weight excluding hydrogens is 136 g/mol. The van der Waals surface area contributed by atoms with Crippen LogP contribution in [0.2, 0.25) is 0 Å². The van der Waals surface area contributed by atoms with Gasteiger partial charge >= 0.3 is 0 Å². The van der Waals surface area contributed by atoms with Gasteiger partial charge in [0, 0.05) is 11.3 Å². The van der Waals surface area contributed by atoms with Crippen molar-refractivity contribution in [2.75, 3.05) is 0 Å². The van der Waals surface area contributed by atoms with E-state index in [0.29, 0.717) is 11.7 Å². The maximum absolute atomic E-state index is 11.7. The zero-order valence-electron chi connectivity index (χ0n) is 7.39. The molecule has 3 atom stereocenters. The number of carbonyl (C=O) groups is 1. The third kappa shape index (κ3) is 0.743. The monoisotopic (exact) mass is 152 g/mol. The first-order chi connectivity index (χ1) is 5.18. The van der Waals surface area contributed by atoms with Crippen LogP contribution < -0.4 is 0 Å². The minimum absolute atomic E-state index is 0.0723. The fourth-order valence-corrected chi connectivity index (χ4v) is 2.93. The van der Waals surface area contributed by atoms with Crippen LogP contribution in [-0.2, 0) is 4.79 Å². The summed E-state index contributed by atoms with van der Waals surface area (Å²) in [5, 5.41) is 0. The molecule has 0 N–H and O–H groups in total. The summed E-state index contributed by atoms with van der Waals surface area (Å²) in [5.74, 6) is 1.74. The highest BCUT2D eigenvalue weighted by Crippen LogP contribution is 2.54. The van der Waals surface area contributed by atoms with Gasteiger partial charge in [-0.1, -0.05) is 13.8 Å². The molecule has 0 aromatic heterocycles. The quantitative estimate of drug-likeness (QED) is 0.564. The highest BCUT2D eigenvalue weighted by atomic mass is 16.1. The maximum Gasteiger partial charge on any atom is 0.142 e. The van der Waals surface area contributed by atoms with E-state index >= 15 is 0 Å². The molecule has 2 fully saturated rings. The smallest absolute Gasteiger partial charge is 0.142 e. The Morgan fingerprint density at radius 2 is 2.27 bits per heavy atom. The third-order valence-corrected chi connectivity index (χ3v) is 4.00. The average Bonchev–Trinajstić information content (AvgIpc) is 2.56. The van der Waals surface area contributed by atoms with Gasteiger partial charge in [-0.25, -0.2) is 0 Å². The zero-order valence-corrected chi connectivity index (χ0v) is 7.39. The topological polar surface area (TPSA) is 17.1 Å². The fourth-order valence-electron chi connectivity index (χ4n) is 2.93. The molecule has 2 saturated carbocycles. The average molecular weight is 152 g/mol. The summed E-state index contributed by atoms with van der Waals surface area (Å²) in [4.78, 5) is 11.7. The Morgan fingerprint density at radius 3 is 2.64 bits per heavy atom. The van der Waals surface area contributed by atoms with Crippen molar-refractivity contribution in [1.29, 1.82) is 0 Å². The molecule has 11 heavy (non-hydrogen) atoms. The maximum atomic E-state index is 11.7. The van der Waals surface area contributed by atoms with Crippen molar-refractivity contribution >= 4 is 5.78 Å². The molecule has 1 nitrogen and oxygen atoms in total. The minimum Gasteiger partial charge on any atom is -0.299 e. The summed E-state index contributed by atoms with van der Waals surface area (Å²) in [5.41, 5.74) is 0.0723. The molecule has 0 aromatic rings. The number of Topliss-reactive ketones (excluding diaryl/α,β-unsaturated/α-hetero) is 1. The van der Waals surface area contributed by atoms with Crippen LogP contribution >= 0.6 is 0 Å². The minimum atomic E-state index is 0.0723. The van der Waals surface area contributed by atoms with Gasteiger partial charge in [0.1, 0.15) is 5.78 Å². The SMILES string of the molecule is CCC1(C)C(=O)C2CCC1C2. The molecule has 2 aliphatic carbocycles. The lowest BCUT2D eigenvalue weighted by Crippen LogP contribution is -2.32. The molecule has 0 aromatic carbocycles. The Labute approximate surface area is 68.2 Å². The third-order valence-electron chi connectivity index (χ3n) is 4.00. The van der Waals surface area contributed by atoms with Crippen molar-refractivity contribution < 1.29 is 4.79 Å². The van der Waals surface area contributed by atoms with Gasteiger partial charge in [0.25, 0.3) is 0 Å². The summed E-state index contributed by atoms with van der Waals surface area (Å²) < 4.78 is 0. The highest BCUT2D eigenvalue weighted by molar-refractivity contribution is 5.90. The molecule has 3 unspecified atom stereocenters.